The second-order valence-corrected chi connectivity index (χ2v) is 7.07. The van der Waals surface area contributed by atoms with Crippen molar-refractivity contribution >= 4 is 15.9 Å². The number of hydrogen-bond acceptors (Lipinski definition) is 2. The van der Waals surface area contributed by atoms with Crippen LogP contribution in [0.5, 0.6) is 0 Å². The fraction of sp³-hybridized carbons (Fsp3) is 0.800. The van der Waals surface area contributed by atoms with E-state index in [4.69, 9.17) is 0 Å². The topological polar surface area (TPSA) is 29.9 Å². The van der Waals surface area contributed by atoms with Crippen LogP contribution in [0.1, 0.15) is 58.7 Å². The van der Waals surface area contributed by atoms with Crippen LogP contribution in [-0.2, 0) is 6.54 Å². The van der Waals surface area contributed by atoms with E-state index in [0.717, 1.165) is 17.6 Å². The van der Waals surface area contributed by atoms with E-state index in [9.17, 15) is 0 Å². The van der Waals surface area contributed by atoms with Gasteiger partial charge in [0, 0.05) is 6.54 Å². The number of aryl methyl sites for hydroxylation is 1. The van der Waals surface area contributed by atoms with Crippen LogP contribution in [0.3, 0.4) is 0 Å². The van der Waals surface area contributed by atoms with Crippen LogP contribution >= 0.6 is 15.9 Å². The standard InChI is InChI=1S/C15H26BrN3/c1-5-17-13(11-8-7-9-15(11,3)4)14-12(16)10-18-19(14)6-2/h10-11,13,17H,5-9H2,1-4H3. The smallest absolute Gasteiger partial charge is 0.0698 e. The molecule has 0 aromatic carbocycles. The molecule has 3 nitrogen and oxygen atoms in total. The Balaban J connectivity index is 2.37. The highest BCUT2D eigenvalue weighted by Crippen LogP contribution is 2.49. The van der Waals surface area contributed by atoms with E-state index < -0.39 is 0 Å². The summed E-state index contributed by atoms with van der Waals surface area (Å²) in [6.07, 6.45) is 5.92. The van der Waals surface area contributed by atoms with E-state index in [1.807, 2.05) is 6.20 Å². The molecule has 108 valence electrons. The third-order valence-corrected chi connectivity index (χ3v) is 5.20. The van der Waals surface area contributed by atoms with Crippen molar-refractivity contribution in [1.82, 2.24) is 15.1 Å². The molecule has 0 bridgehead atoms. The lowest BCUT2D eigenvalue weighted by atomic mass is 9.76. The molecule has 1 saturated carbocycles. The van der Waals surface area contributed by atoms with Gasteiger partial charge in [0.1, 0.15) is 0 Å². The summed E-state index contributed by atoms with van der Waals surface area (Å²) in [6, 6.07) is 0.402. The van der Waals surface area contributed by atoms with E-state index in [1.165, 1.54) is 25.0 Å². The molecule has 4 heteroatoms. The Morgan fingerprint density at radius 3 is 2.79 bits per heavy atom. The molecule has 0 spiro atoms. The first-order valence-electron chi connectivity index (χ1n) is 7.45. The summed E-state index contributed by atoms with van der Waals surface area (Å²) >= 11 is 3.69. The Kier molecular flexibility index (Phi) is 4.72. The first-order chi connectivity index (χ1) is 9.01. The maximum Gasteiger partial charge on any atom is 0.0698 e. The van der Waals surface area contributed by atoms with Crippen LogP contribution < -0.4 is 5.32 Å². The molecule has 1 N–H and O–H groups in total. The minimum absolute atomic E-state index is 0.402. The normalized spacial score (nSPS) is 23.7. The van der Waals surface area contributed by atoms with Gasteiger partial charge in [0.2, 0.25) is 0 Å². The van der Waals surface area contributed by atoms with E-state index in [2.05, 4.69) is 58.7 Å². The zero-order chi connectivity index (χ0) is 14.0. The van der Waals surface area contributed by atoms with Crippen LogP contribution in [0.2, 0.25) is 0 Å². The lowest BCUT2D eigenvalue weighted by molar-refractivity contribution is 0.192. The Labute approximate surface area is 125 Å². The first-order valence-corrected chi connectivity index (χ1v) is 8.25. The molecule has 2 rings (SSSR count). The van der Waals surface area contributed by atoms with Gasteiger partial charge in [0.25, 0.3) is 0 Å². The molecule has 1 aromatic rings. The molecule has 19 heavy (non-hydrogen) atoms. The summed E-state index contributed by atoms with van der Waals surface area (Å²) in [7, 11) is 0. The highest BCUT2D eigenvalue weighted by atomic mass is 79.9. The van der Waals surface area contributed by atoms with Gasteiger partial charge in [-0.1, -0.05) is 27.2 Å². The van der Waals surface area contributed by atoms with Gasteiger partial charge in [-0.25, -0.2) is 0 Å². The second-order valence-electron chi connectivity index (χ2n) is 6.22. The minimum Gasteiger partial charge on any atom is -0.309 e. The minimum atomic E-state index is 0.402. The van der Waals surface area contributed by atoms with Gasteiger partial charge in [-0.15, -0.1) is 0 Å². The number of halogens is 1. The van der Waals surface area contributed by atoms with Gasteiger partial charge in [-0.2, -0.15) is 5.10 Å². The Hall–Kier alpha value is -0.350. The predicted molar refractivity (Wildman–Crippen MR) is 83.1 cm³/mol. The predicted octanol–water partition coefficient (Wildman–Crippen LogP) is 4.14. The van der Waals surface area contributed by atoms with E-state index in [1.54, 1.807) is 0 Å². The fourth-order valence-corrected chi connectivity index (χ4v) is 4.10. The molecule has 1 aliphatic carbocycles. The van der Waals surface area contributed by atoms with Crippen molar-refractivity contribution in [2.24, 2.45) is 11.3 Å². The maximum atomic E-state index is 4.49. The molecular weight excluding hydrogens is 302 g/mol. The summed E-state index contributed by atoms with van der Waals surface area (Å²) in [5.74, 6) is 0.686. The molecular formula is C15H26BrN3. The average Bonchev–Trinajstić information content (AvgIpc) is 2.89. The van der Waals surface area contributed by atoms with Crippen molar-refractivity contribution in [2.45, 2.75) is 59.5 Å². The van der Waals surface area contributed by atoms with Gasteiger partial charge < -0.3 is 5.32 Å². The average molecular weight is 328 g/mol. The lowest BCUT2D eigenvalue weighted by Crippen LogP contribution is -2.35. The first kappa shape index (κ1) is 15.0. The van der Waals surface area contributed by atoms with Crippen molar-refractivity contribution in [1.29, 1.82) is 0 Å². The molecule has 0 saturated heterocycles. The van der Waals surface area contributed by atoms with Crippen LogP contribution in [-0.4, -0.2) is 16.3 Å². The summed E-state index contributed by atoms with van der Waals surface area (Å²) in [6.45, 7) is 11.1. The SMILES string of the molecule is CCNC(c1c(Br)cnn1CC)C1CCCC1(C)C. The summed E-state index contributed by atoms with van der Waals surface area (Å²) < 4.78 is 3.27. The zero-order valence-electron chi connectivity index (χ0n) is 12.5. The van der Waals surface area contributed by atoms with E-state index in [-0.39, 0.29) is 0 Å². The van der Waals surface area contributed by atoms with Gasteiger partial charge in [-0.05, 0) is 53.6 Å². The molecule has 0 radical (unpaired) electrons. The Bertz CT molecular complexity index is 425. The molecule has 0 amide bonds. The number of hydrogen-bond donors (Lipinski definition) is 1. The fourth-order valence-electron chi connectivity index (χ4n) is 3.55. The van der Waals surface area contributed by atoms with Gasteiger partial charge >= 0.3 is 0 Å². The number of nitrogens with one attached hydrogen (secondary N) is 1. The number of rotatable bonds is 5. The highest BCUT2D eigenvalue weighted by Gasteiger charge is 2.41. The zero-order valence-corrected chi connectivity index (χ0v) is 14.1. The molecule has 0 aliphatic heterocycles. The maximum absolute atomic E-state index is 4.49. The Morgan fingerprint density at radius 2 is 2.26 bits per heavy atom. The molecule has 2 unspecified atom stereocenters. The summed E-state index contributed by atoms with van der Waals surface area (Å²) in [4.78, 5) is 0. The van der Waals surface area contributed by atoms with Crippen molar-refractivity contribution in [3.63, 3.8) is 0 Å². The third kappa shape index (κ3) is 2.89. The lowest BCUT2D eigenvalue weighted by Gasteiger charge is -2.35. The molecule has 1 fully saturated rings. The van der Waals surface area contributed by atoms with Crippen LogP contribution in [0.4, 0.5) is 0 Å². The highest BCUT2D eigenvalue weighted by molar-refractivity contribution is 9.10. The summed E-state index contributed by atoms with van der Waals surface area (Å²) in [5, 5.41) is 8.19. The number of aromatic nitrogens is 2. The Morgan fingerprint density at radius 1 is 1.53 bits per heavy atom. The van der Waals surface area contributed by atoms with E-state index >= 15 is 0 Å². The van der Waals surface area contributed by atoms with Crippen molar-refractivity contribution in [2.75, 3.05) is 6.54 Å². The van der Waals surface area contributed by atoms with E-state index in [0.29, 0.717) is 17.4 Å². The van der Waals surface area contributed by atoms with Gasteiger partial charge in [0.15, 0.2) is 0 Å². The molecule has 1 aliphatic rings. The molecule has 1 heterocycles. The van der Waals surface area contributed by atoms with Crippen LogP contribution in [0.15, 0.2) is 10.7 Å². The van der Waals surface area contributed by atoms with Crippen molar-refractivity contribution in [3.05, 3.63) is 16.4 Å². The van der Waals surface area contributed by atoms with Crippen LogP contribution in [0.25, 0.3) is 0 Å². The van der Waals surface area contributed by atoms with Crippen LogP contribution in [0, 0.1) is 11.3 Å². The third-order valence-electron chi connectivity index (χ3n) is 4.59. The largest absolute Gasteiger partial charge is 0.309 e. The van der Waals surface area contributed by atoms with Crippen molar-refractivity contribution in [3.8, 4) is 0 Å². The van der Waals surface area contributed by atoms with Crippen molar-refractivity contribution < 1.29 is 0 Å². The molecule has 1 aromatic heterocycles. The molecule has 2 atom stereocenters. The second kappa shape index (κ2) is 5.96. The quantitative estimate of drug-likeness (QED) is 0.880. The van der Waals surface area contributed by atoms with Gasteiger partial charge in [-0.3, -0.25) is 4.68 Å². The summed E-state index contributed by atoms with van der Waals surface area (Å²) in [5.41, 5.74) is 1.74. The van der Waals surface area contributed by atoms with Gasteiger partial charge in [0.05, 0.1) is 22.4 Å². The number of nitrogens with zero attached hydrogens (tertiary/aromatic N) is 2. The monoisotopic (exact) mass is 327 g/mol.